The highest BCUT2D eigenvalue weighted by molar-refractivity contribution is 5.93. The van der Waals surface area contributed by atoms with E-state index in [0.29, 0.717) is 12.8 Å². The van der Waals surface area contributed by atoms with Gasteiger partial charge in [0.1, 0.15) is 23.4 Å². The summed E-state index contributed by atoms with van der Waals surface area (Å²) in [5.74, 6) is 2.52. The van der Waals surface area contributed by atoms with Crippen LogP contribution in [0.1, 0.15) is 42.7 Å². The molecule has 3 heterocycles. The highest BCUT2D eigenvalue weighted by Gasteiger charge is 2.21. The van der Waals surface area contributed by atoms with E-state index in [0.717, 1.165) is 53.5 Å². The van der Waals surface area contributed by atoms with E-state index < -0.39 is 0 Å². The van der Waals surface area contributed by atoms with Crippen molar-refractivity contribution in [2.45, 2.75) is 38.7 Å². The topological polar surface area (TPSA) is 80.1 Å². The Hall–Kier alpha value is -2.60. The largest absolute Gasteiger partial charge is 0.466 e. The van der Waals surface area contributed by atoms with Crippen LogP contribution in [0.5, 0.6) is 0 Å². The molecule has 0 bridgehead atoms. The number of furan rings is 1. The van der Waals surface area contributed by atoms with Crippen molar-refractivity contribution in [2.24, 2.45) is 0 Å². The number of benzene rings is 1. The first-order chi connectivity index (χ1) is 12.2. The smallest absolute Gasteiger partial charge is 0.224 e. The molecular weight excluding hydrogens is 318 g/mol. The third kappa shape index (κ3) is 3.58. The quantitative estimate of drug-likeness (QED) is 0.739. The third-order valence-electron chi connectivity index (χ3n) is 4.41. The first-order valence-corrected chi connectivity index (χ1v) is 8.64. The van der Waals surface area contributed by atoms with Crippen molar-refractivity contribution in [1.29, 1.82) is 0 Å². The van der Waals surface area contributed by atoms with Crippen LogP contribution in [0.25, 0.3) is 11.0 Å². The molecule has 1 aromatic carbocycles. The summed E-state index contributed by atoms with van der Waals surface area (Å²) in [5.41, 5.74) is 2.55. The minimum absolute atomic E-state index is 0.0349. The Morgan fingerprint density at radius 1 is 1.36 bits per heavy atom. The molecule has 3 aromatic rings. The van der Waals surface area contributed by atoms with Gasteiger partial charge in [0.05, 0.1) is 11.0 Å². The van der Waals surface area contributed by atoms with E-state index in [-0.39, 0.29) is 12.0 Å². The number of nitrogens with one attached hydrogen (secondary N) is 2. The fourth-order valence-corrected chi connectivity index (χ4v) is 3.13. The summed E-state index contributed by atoms with van der Waals surface area (Å²) < 4.78 is 11.2. The minimum Gasteiger partial charge on any atom is -0.466 e. The molecule has 130 valence electrons. The molecule has 0 radical (unpaired) electrons. The summed E-state index contributed by atoms with van der Waals surface area (Å²) in [6.45, 7) is 2.69. The van der Waals surface area contributed by atoms with E-state index in [2.05, 4.69) is 15.3 Å². The number of amides is 1. The van der Waals surface area contributed by atoms with Gasteiger partial charge >= 0.3 is 0 Å². The number of fused-ring (bicyclic) bond motifs is 1. The van der Waals surface area contributed by atoms with Crippen LogP contribution in [0.2, 0.25) is 0 Å². The molecule has 0 spiro atoms. The summed E-state index contributed by atoms with van der Waals surface area (Å²) in [4.78, 5) is 20.0. The number of carbonyl (C=O) groups excluding carboxylic acids is 1. The second kappa shape index (κ2) is 6.72. The predicted molar refractivity (Wildman–Crippen MR) is 94.4 cm³/mol. The Morgan fingerprint density at radius 3 is 3.04 bits per heavy atom. The molecule has 6 nitrogen and oxygen atoms in total. The molecule has 6 heteroatoms. The van der Waals surface area contributed by atoms with Crippen molar-refractivity contribution >= 4 is 22.6 Å². The van der Waals surface area contributed by atoms with Gasteiger partial charge in [-0.1, -0.05) is 0 Å². The van der Waals surface area contributed by atoms with Gasteiger partial charge in [0, 0.05) is 25.1 Å². The lowest BCUT2D eigenvalue weighted by atomic mass is 10.2. The number of nitrogens with zero attached hydrogens (tertiary/aromatic N) is 1. The lowest BCUT2D eigenvalue weighted by Gasteiger charge is -2.04. The molecule has 1 aliphatic heterocycles. The third-order valence-corrected chi connectivity index (χ3v) is 4.41. The van der Waals surface area contributed by atoms with Gasteiger partial charge in [0.2, 0.25) is 5.91 Å². The molecule has 2 aromatic heterocycles. The Labute approximate surface area is 145 Å². The normalized spacial score (nSPS) is 17.2. The highest BCUT2D eigenvalue weighted by Crippen LogP contribution is 2.28. The second-order valence-corrected chi connectivity index (χ2v) is 6.42. The Balaban J connectivity index is 1.41. The average molecular weight is 339 g/mol. The van der Waals surface area contributed by atoms with Crippen molar-refractivity contribution < 1.29 is 13.9 Å². The molecule has 25 heavy (non-hydrogen) atoms. The van der Waals surface area contributed by atoms with Gasteiger partial charge in [-0.3, -0.25) is 4.79 Å². The Bertz CT molecular complexity index is 890. The van der Waals surface area contributed by atoms with E-state index in [4.69, 9.17) is 9.15 Å². The van der Waals surface area contributed by atoms with Crippen LogP contribution in [0.4, 0.5) is 5.69 Å². The van der Waals surface area contributed by atoms with Crippen molar-refractivity contribution in [3.05, 3.63) is 47.7 Å². The summed E-state index contributed by atoms with van der Waals surface area (Å²) in [7, 11) is 0. The van der Waals surface area contributed by atoms with Gasteiger partial charge < -0.3 is 19.5 Å². The number of ether oxygens (including phenoxy) is 1. The summed E-state index contributed by atoms with van der Waals surface area (Å²) in [6, 6.07) is 9.51. The second-order valence-electron chi connectivity index (χ2n) is 6.42. The predicted octanol–water partition coefficient (Wildman–Crippen LogP) is 3.89. The minimum atomic E-state index is -0.0349. The number of carbonyl (C=O) groups is 1. The van der Waals surface area contributed by atoms with Crippen molar-refractivity contribution in [2.75, 3.05) is 11.9 Å². The number of aromatic nitrogens is 2. The van der Waals surface area contributed by atoms with Crippen LogP contribution in [0.15, 0.2) is 34.7 Å². The Kier molecular flexibility index (Phi) is 4.28. The van der Waals surface area contributed by atoms with Crippen LogP contribution in [-0.4, -0.2) is 22.5 Å². The number of imidazole rings is 1. The van der Waals surface area contributed by atoms with E-state index >= 15 is 0 Å². The molecule has 0 unspecified atom stereocenters. The molecule has 2 N–H and O–H groups in total. The van der Waals surface area contributed by atoms with E-state index in [1.54, 1.807) is 0 Å². The van der Waals surface area contributed by atoms with E-state index in [1.165, 1.54) is 0 Å². The van der Waals surface area contributed by atoms with Crippen LogP contribution in [-0.2, 0) is 16.0 Å². The molecule has 1 fully saturated rings. The number of anilines is 1. The first kappa shape index (κ1) is 15.9. The number of aromatic amines is 1. The van der Waals surface area contributed by atoms with E-state index in [9.17, 15) is 4.79 Å². The molecule has 1 atom stereocenters. The molecule has 1 amide bonds. The summed E-state index contributed by atoms with van der Waals surface area (Å²) in [5, 5.41) is 2.93. The first-order valence-electron chi connectivity index (χ1n) is 8.64. The van der Waals surface area contributed by atoms with Crippen LogP contribution < -0.4 is 5.32 Å². The molecule has 1 aliphatic rings. The van der Waals surface area contributed by atoms with Crippen LogP contribution in [0, 0.1) is 6.92 Å². The number of hydrogen-bond acceptors (Lipinski definition) is 4. The van der Waals surface area contributed by atoms with E-state index in [1.807, 2.05) is 37.3 Å². The van der Waals surface area contributed by atoms with Crippen molar-refractivity contribution in [3.8, 4) is 0 Å². The number of rotatable bonds is 5. The monoisotopic (exact) mass is 339 g/mol. The SMILES string of the molecule is Cc1ccc(CCC(=O)Nc2ccc3nc([C@@H]4CCCO4)[nH]c3c2)o1. The number of H-pyrrole nitrogens is 1. The Morgan fingerprint density at radius 2 is 2.28 bits per heavy atom. The lowest BCUT2D eigenvalue weighted by Crippen LogP contribution is -2.12. The average Bonchev–Trinajstić information content (AvgIpc) is 3.32. The summed E-state index contributed by atoms with van der Waals surface area (Å²) >= 11 is 0. The zero-order chi connectivity index (χ0) is 17.2. The van der Waals surface area contributed by atoms with Crippen LogP contribution >= 0.6 is 0 Å². The maximum atomic E-state index is 12.1. The molecule has 0 aliphatic carbocycles. The molecule has 1 saturated heterocycles. The zero-order valence-corrected chi connectivity index (χ0v) is 14.2. The van der Waals surface area contributed by atoms with Crippen molar-refractivity contribution in [3.63, 3.8) is 0 Å². The zero-order valence-electron chi connectivity index (χ0n) is 14.2. The van der Waals surface area contributed by atoms with Gasteiger partial charge in [-0.2, -0.15) is 0 Å². The van der Waals surface area contributed by atoms with Gasteiger partial charge in [0.25, 0.3) is 0 Å². The molecule has 4 rings (SSSR count). The van der Waals surface area contributed by atoms with Crippen molar-refractivity contribution in [1.82, 2.24) is 9.97 Å². The fourth-order valence-electron chi connectivity index (χ4n) is 3.13. The van der Waals surface area contributed by atoms with Gasteiger partial charge in [-0.05, 0) is 50.1 Å². The molecular formula is C19H21N3O3. The highest BCUT2D eigenvalue weighted by atomic mass is 16.5. The summed E-state index contributed by atoms with van der Waals surface area (Å²) in [6.07, 6.45) is 3.10. The van der Waals surface area contributed by atoms with Gasteiger partial charge in [-0.25, -0.2) is 4.98 Å². The maximum absolute atomic E-state index is 12.1. The number of aryl methyl sites for hydroxylation is 2. The maximum Gasteiger partial charge on any atom is 0.224 e. The molecule has 0 saturated carbocycles. The lowest BCUT2D eigenvalue weighted by molar-refractivity contribution is -0.116. The van der Waals surface area contributed by atoms with Gasteiger partial charge in [0.15, 0.2) is 0 Å². The standard InChI is InChI=1S/C19H21N3O3/c1-12-4-6-14(25-12)7-9-18(23)20-13-5-8-15-16(11-13)22-19(21-15)17-3-2-10-24-17/h4-6,8,11,17H,2-3,7,9-10H2,1H3,(H,20,23)(H,21,22)/t17-/m0/s1. The van der Waals surface area contributed by atoms with Gasteiger partial charge in [-0.15, -0.1) is 0 Å². The number of hydrogen-bond donors (Lipinski definition) is 2. The van der Waals surface area contributed by atoms with Crippen LogP contribution in [0.3, 0.4) is 0 Å². The fraction of sp³-hybridized carbons (Fsp3) is 0.368.